The number of hydrogen-bond acceptors (Lipinski definition) is 7. The maximum absolute atomic E-state index is 11.5. The van der Waals surface area contributed by atoms with E-state index in [0.29, 0.717) is 19.8 Å². The lowest BCUT2D eigenvalue weighted by atomic mass is 10.2. The number of aromatic nitrogens is 2. The summed E-state index contributed by atoms with van der Waals surface area (Å²) in [6.45, 7) is 9.14. The van der Waals surface area contributed by atoms with Crippen LogP contribution in [0.2, 0.25) is 0 Å². The Morgan fingerprint density at radius 3 is 2.57 bits per heavy atom. The molecule has 1 saturated heterocycles. The molecule has 2 rings (SSSR count). The van der Waals surface area contributed by atoms with Crippen molar-refractivity contribution >= 4 is 11.8 Å². The van der Waals surface area contributed by atoms with Gasteiger partial charge < -0.3 is 24.4 Å². The van der Waals surface area contributed by atoms with Crippen LogP contribution in [0.25, 0.3) is 0 Å². The predicted octanol–water partition coefficient (Wildman–Crippen LogP) is 1.22. The molecule has 1 amide bonds. The molecule has 0 atom stereocenters. The van der Waals surface area contributed by atoms with Crippen molar-refractivity contribution in [3.8, 4) is 6.01 Å². The van der Waals surface area contributed by atoms with Crippen LogP contribution in [0.4, 0.5) is 10.5 Å². The number of nitrogens with zero attached hydrogens (tertiary/aromatic N) is 3. The first-order valence-electron chi connectivity index (χ1n) is 7.68. The molecule has 0 aromatic carbocycles. The number of morpholine rings is 1. The number of carbonyl (C=O) groups is 1. The van der Waals surface area contributed by atoms with Crippen molar-refractivity contribution in [3.63, 3.8) is 0 Å². The molecule has 128 valence electrons. The van der Waals surface area contributed by atoms with Crippen molar-refractivity contribution < 1.29 is 19.0 Å². The molecule has 8 nitrogen and oxygen atoms in total. The van der Waals surface area contributed by atoms with Gasteiger partial charge in [-0.05, 0) is 20.8 Å². The summed E-state index contributed by atoms with van der Waals surface area (Å²) in [4.78, 5) is 22.0. The molecule has 2 heterocycles. The number of rotatable bonds is 5. The maximum atomic E-state index is 11.5. The second-order valence-corrected chi connectivity index (χ2v) is 6.10. The van der Waals surface area contributed by atoms with E-state index in [2.05, 4.69) is 20.2 Å². The van der Waals surface area contributed by atoms with Crippen LogP contribution >= 0.6 is 0 Å². The van der Waals surface area contributed by atoms with Crippen LogP contribution < -0.4 is 15.0 Å². The highest BCUT2D eigenvalue weighted by molar-refractivity contribution is 5.67. The van der Waals surface area contributed by atoms with Crippen molar-refractivity contribution in [1.29, 1.82) is 0 Å². The largest absolute Gasteiger partial charge is 0.462 e. The third kappa shape index (κ3) is 6.27. The van der Waals surface area contributed by atoms with Crippen LogP contribution in [0.5, 0.6) is 6.01 Å². The first kappa shape index (κ1) is 17.3. The van der Waals surface area contributed by atoms with Crippen LogP contribution in [-0.4, -0.2) is 61.1 Å². The summed E-state index contributed by atoms with van der Waals surface area (Å²) < 4.78 is 15.8. The van der Waals surface area contributed by atoms with E-state index < -0.39 is 11.7 Å². The van der Waals surface area contributed by atoms with E-state index in [0.717, 1.165) is 18.8 Å². The van der Waals surface area contributed by atoms with Crippen LogP contribution in [0.1, 0.15) is 20.8 Å². The monoisotopic (exact) mass is 324 g/mol. The number of hydrogen-bond donors (Lipinski definition) is 1. The Morgan fingerprint density at radius 2 is 1.96 bits per heavy atom. The second kappa shape index (κ2) is 7.96. The molecule has 1 N–H and O–H groups in total. The Bertz CT molecular complexity index is 495. The number of ether oxygens (including phenoxy) is 3. The molecule has 0 bridgehead atoms. The minimum absolute atomic E-state index is 0.274. The van der Waals surface area contributed by atoms with Crippen LogP contribution in [0.15, 0.2) is 12.4 Å². The summed E-state index contributed by atoms with van der Waals surface area (Å²) in [6, 6.07) is 0.285. The molecule has 0 unspecified atom stereocenters. The zero-order chi connectivity index (χ0) is 16.7. The number of nitrogens with one attached hydrogen (secondary N) is 1. The zero-order valence-electron chi connectivity index (χ0n) is 13.9. The molecule has 0 spiro atoms. The van der Waals surface area contributed by atoms with Crippen molar-refractivity contribution in [1.82, 2.24) is 15.3 Å². The fourth-order valence-electron chi connectivity index (χ4n) is 1.98. The van der Waals surface area contributed by atoms with Gasteiger partial charge in [-0.15, -0.1) is 0 Å². The lowest BCUT2D eigenvalue weighted by Gasteiger charge is -2.28. The Kier molecular flexibility index (Phi) is 5.97. The SMILES string of the molecule is CC(C)(C)OC(=O)NCCOc1ncc(N2CCOCC2)cn1. The minimum Gasteiger partial charge on any atom is -0.462 e. The van der Waals surface area contributed by atoms with Crippen LogP contribution in [0.3, 0.4) is 0 Å². The Labute approximate surface area is 136 Å². The molecule has 8 heteroatoms. The average molecular weight is 324 g/mol. The van der Waals surface area contributed by atoms with E-state index in [-0.39, 0.29) is 12.6 Å². The van der Waals surface area contributed by atoms with Crippen molar-refractivity contribution in [3.05, 3.63) is 12.4 Å². The third-order valence-electron chi connectivity index (χ3n) is 2.99. The highest BCUT2D eigenvalue weighted by atomic mass is 16.6. The van der Waals surface area contributed by atoms with Gasteiger partial charge >= 0.3 is 12.1 Å². The normalized spacial score (nSPS) is 15.2. The number of amides is 1. The number of anilines is 1. The van der Waals surface area contributed by atoms with E-state index in [1.54, 1.807) is 12.4 Å². The average Bonchev–Trinajstić information content (AvgIpc) is 2.51. The Hall–Kier alpha value is -2.09. The summed E-state index contributed by atoms with van der Waals surface area (Å²) >= 11 is 0. The fourth-order valence-corrected chi connectivity index (χ4v) is 1.98. The fraction of sp³-hybridized carbons (Fsp3) is 0.667. The zero-order valence-corrected chi connectivity index (χ0v) is 13.9. The minimum atomic E-state index is -0.511. The summed E-state index contributed by atoms with van der Waals surface area (Å²) in [7, 11) is 0. The van der Waals surface area contributed by atoms with E-state index in [1.165, 1.54) is 0 Å². The summed E-state index contributed by atoms with van der Waals surface area (Å²) in [5.74, 6) is 0. The smallest absolute Gasteiger partial charge is 0.407 e. The van der Waals surface area contributed by atoms with Gasteiger partial charge in [0.15, 0.2) is 0 Å². The summed E-state index contributed by atoms with van der Waals surface area (Å²) in [6.07, 6.45) is 2.99. The van der Waals surface area contributed by atoms with Gasteiger partial charge in [0.1, 0.15) is 12.2 Å². The summed E-state index contributed by atoms with van der Waals surface area (Å²) in [5.41, 5.74) is 0.441. The predicted molar refractivity (Wildman–Crippen MR) is 84.8 cm³/mol. The van der Waals surface area contributed by atoms with E-state index in [1.807, 2.05) is 20.8 Å². The highest BCUT2D eigenvalue weighted by Gasteiger charge is 2.15. The highest BCUT2D eigenvalue weighted by Crippen LogP contribution is 2.14. The topological polar surface area (TPSA) is 85.8 Å². The Morgan fingerprint density at radius 1 is 1.30 bits per heavy atom. The van der Waals surface area contributed by atoms with Crippen molar-refractivity contribution in [2.24, 2.45) is 0 Å². The third-order valence-corrected chi connectivity index (χ3v) is 2.99. The number of carbonyl (C=O) groups excluding carboxylic acids is 1. The molecule has 1 aromatic rings. The van der Waals surface area contributed by atoms with Gasteiger partial charge in [0, 0.05) is 13.1 Å². The van der Waals surface area contributed by atoms with Crippen molar-refractivity contribution in [2.75, 3.05) is 44.4 Å². The quantitative estimate of drug-likeness (QED) is 0.815. The van der Waals surface area contributed by atoms with E-state index >= 15 is 0 Å². The second-order valence-electron chi connectivity index (χ2n) is 6.10. The van der Waals surface area contributed by atoms with E-state index in [4.69, 9.17) is 14.2 Å². The summed E-state index contributed by atoms with van der Waals surface area (Å²) in [5, 5.41) is 2.61. The lowest BCUT2D eigenvalue weighted by molar-refractivity contribution is 0.0519. The molecule has 1 aliphatic rings. The molecule has 0 radical (unpaired) electrons. The standard InChI is InChI=1S/C15H24N4O4/c1-15(2,3)23-14(20)16-4-7-22-13-17-10-12(11-18-13)19-5-8-21-9-6-19/h10-11H,4-9H2,1-3H3,(H,16,20). The molecule has 1 fully saturated rings. The molecular formula is C15H24N4O4. The van der Waals surface area contributed by atoms with Gasteiger partial charge in [-0.25, -0.2) is 14.8 Å². The first-order chi connectivity index (χ1) is 10.9. The van der Waals surface area contributed by atoms with Crippen LogP contribution in [0, 0.1) is 0 Å². The van der Waals surface area contributed by atoms with Gasteiger partial charge in [0.2, 0.25) is 0 Å². The Balaban J connectivity index is 1.69. The molecule has 23 heavy (non-hydrogen) atoms. The molecule has 0 aliphatic carbocycles. The maximum Gasteiger partial charge on any atom is 0.407 e. The molecule has 1 aromatic heterocycles. The van der Waals surface area contributed by atoms with Gasteiger partial charge in [0.25, 0.3) is 0 Å². The van der Waals surface area contributed by atoms with Crippen LogP contribution in [-0.2, 0) is 9.47 Å². The molecular weight excluding hydrogens is 300 g/mol. The van der Waals surface area contributed by atoms with Gasteiger partial charge in [-0.3, -0.25) is 0 Å². The van der Waals surface area contributed by atoms with Crippen molar-refractivity contribution in [2.45, 2.75) is 26.4 Å². The lowest BCUT2D eigenvalue weighted by Crippen LogP contribution is -2.36. The molecule has 1 aliphatic heterocycles. The number of alkyl carbamates (subject to hydrolysis) is 1. The van der Waals surface area contributed by atoms with Gasteiger partial charge in [-0.2, -0.15) is 0 Å². The van der Waals surface area contributed by atoms with Gasteiger partial charge in [-0.1, -0.05) is 0 Å². The van der Waals surface area contributed by atoms with E-state index in [9.17, 15) is 4.79 Å². The first-order valence-corrected chi connectivity index (χ1v) is 7.68. The van der Waals surface area contributed by atoms with Gasteiger partial charge in [0.05, 0.1) is 37.8 Å². The molecule has 0 saturated carbocycles.